The van der Waals surface area contributed by atoms with E-state index in [2.05, 4.69) is 14.9 Å². The lowest BCUT2D eigenvalue weighted by atomic mass is 10.2. The van der Waals surface area contributed by atoms with Crippen molar-refractivity contribution < 1.29 is 5.11 Å². The molecule has 0 bridgehead atoms. The van der Waals surface area contributed by atoms with E-state index in [0.717, 1.165) is 18.8 Å². The van der Waals surface area contributed by atoms with Crippen molar-refractivity contribution in [3.63, 3.8) is 0 Å². The van der Waals surface area contributed by atoms with Gasteiger partial charge in [0.2, 0.25) is 0 Å². The molecule has 0 spiro atoms. The summed E-state index contributed by atoms with van der Waals surface area (Å²) < 4.78 is 2.15. The number of hydrogen-bond donors (Lipinski definition) is 2. The Labute approximate surface area is 77.6 Å². The topological polar surface area (TPSA) is 50.1 Å². The van der Waals surface area contributed by atoms with Gasteiger partial charge in [-0.25, -0.2) is 4.98 Å². The summed E-state index contributed by atoms with van der Waals surface area (Å²) >= 11 is 0. The maximum absolute atomic E-state index is 9.12. The third kappa shape index (κ3) is 1.73. The van der Waals surface area contributed by atoms with Crippen molar-refractivity contribution in [2.45, 2.75) is 32.0 Å². The first-order valence-corrected chi connectivity index (χ1v) is 4.70. The van der Waals surface area contributed by atoms with Crippen LogP contribution in [0, 0.1) is 0 Å². The molecule has 0 saturated heterocycles. The van der Waals surface area contributed by atoms with Gasteiger partial charge >= 0.3 is 0 Å². The maximum atomic E-state index is 9.12. The Morgan fingerprint density at radius 2 is 2.69 bits per heavy atom. The molecule has 2 atom stereocenters. The average Bonchev–Trinajstić information content (AvgIpc) is 2.60. The Hall–Kier alpha value is -0.870. The molecule has 1 aliphatic heterocycles. The van der Waals surface area contributed by atoms with Gasteiger partial charge in [0.25, 0.3) is 0 Å². The van der Waals surface area contributed by atoms with Crippen LogP contribution in [0.4, 0.5) is 0 Å². The van der Waals surface area contributed by atoms with Crippen LogP contribution in [-0.2, 0) is 6.54 Å². The van der Waals surface area contributed by atoms with Gasteiger partial charge in [0.05, 0.1) is 12.1 Å². The number of aromatic nitrogens is 2. The molecule has 0 saturated carbocycles. The van der Waals surface area contributed by atoms with Crippen molar-refractivity contribution in [1.82, 2.24) is 14.9 Å². The van der Waals surface area contributed by atoms with Gasteiger partial charge in [-0.05, 0) is 13.3 Å². The highest BCUT2D eigenvalue weighted by Crippen LogP contribution is 2.22. The molecule has 1 aromatic heterocycles. The standard InChI is InChI=1S/C9H15N3O/c1-7(13)6-11-8-2-4-12-5-3-10-9(8)12/h3,5,7-8,11,13H,2,4,6H2,1H3. The predicted molar refractivity (Wildman–Crippen MR) is 49.3 cm³/mol. The van der Waals surface area contributed by atoms with Crippen molar-refractivity contribution >= 4 is 0 Å². The largest absolute Gasteiger partial charge is 0.392 e. The minimum Gasteiger partial charge on any atom is -0.392 e. The van der Waals surface area contributed by atoms with E-state index in [9.17, 15) is 0 Å². The van der Waals surface area contributed by atoms with Crippen LogP contribution < -0.4 is 5.32 Å². The number of aliphatic hydroxyl groups is 1. The zero-order valence-electron chi connectivity index (χ0n) is 7.77. The fraction of sp³-hybridized carbons (Fsp3) is 0.667. The van der Waals surface area contributed by atoms with Gasteiger partial charge in [0.1, 0.15) is 5.82 Å². The lowest BCUT2D eigenvalue weighted by molar-refractivity contribution is 0.186. The van der Waals surface area contributed by atoms with E-state index in [1.807, 2.05) is 12.4 Å². The number of hydrogen-bond acceptors (Lipinski definition) is 3. The van der Waals surface area contributed by atoms with E-state index >= 15 is 0 Å². The molecule has 0 radical (unpaired) electrons. The highest BCUT2D eigenvalue weighted by atomic mass is 16.3. The SMILES string of the molecule is CC(O)CNC1CCn2ccnc21. The Morgan fingerprint density at radius 1 is 1.85 bits per heavy atom. The summed E-state index contributed by atoms with van der Waals surface area (Å²) in [4.78, 5) is 4.27. The second kappa shape index (κ2) is 3.47. The summed E-state index contributed by atoms with van der Waals surface area (Å²) in [6.45, 7) is 3.46. The van der Waals surface area contributed by atoms with Crippen molar-refractivity contribution in [3.8, 4) is 0 Å². The smallest absolute Gasteiger partial charge is 0.125 e. The maximum Gasteiger partial charge on any atom is 0.125 e. The van der Waals surface area contributed by atoms with Crippen LogP contribution in [0.15, 0.2) is 12.4 Å². The number of imidazole rings is 1. The monoisotopic (exact) mass is 181 g/mol. The van der Waals surface area contributed by atoms with E-state index in [4.69, 9.17) is 5.11 Å². The number of aliphatic hydroxyl groups excluding tert-OH is 1. The lowest BCUT2D eigenvalue weighted by Gasteiger charge is -2.12. The van der Waals surface area contributed by atoms with Gasteiger partial charge in [-0.2, -0.15) is 0 Å². The minimum absolute atomic E-state index is 0.288. The van der Waals surface area contributed by atoms with Gasteiger partial charge < -0.3 is 15.0 Å². The molecule has 1 aliphatic rings. The Balaban J connectivity index is 1.96. The van der Waals surface area contributed by atoms with Gasteiger partial charge in [-0.1, -0.05) is 0 Å². The summed E-state index contributed by atoms with van der Waals surface area (Å²) in [5, 5.41) is 12.4. The van der Waals surface area contributed by atoms with E-state index in [0.29, 0.717) is 12.6 Å². The highest BCUT2D eigenvalue weighted by Gasteiger charge is 2.22. The molecule has 2 heterocycles. The summed E-state index contributed by atoms with van der Waals surface area (Å²) in [7, 11) is 0. The van der Waals surface area contributed by atoms with Crippen molar-refractivity contribution in [3.05, 3.63) is 18.2 Å². The first kappa shape index (κ1) is 8.72. The quantitative estimate of drug-likeness (QED) is 0.705. The number of fused-ring (bicyclic) bond motifs is 1. The molecule has 4 nitrogen and oxygen atoms in total. The molecule has 13 heavy (non-hydrogen) atoms. The molecular weight excluding hydrogens is 166 g/mol. The van der Waals surface area contributed by atoms with Crippen LogP contribution in [-0.4, -0.2) is 27.3 Å². The lowest BCUT2D eigenvalue weighted by Crippen LogP contribution is -2.27. The molecular formula is C9H15N3O. The van der Waals surface area contributed by atoms with Crippen molar-refractivity contribution in [2.24, 2.45) is 0 Å². The van der Waals surface area contributed by atoms with Crippen LogP contribution in [0.3, 0.4) is 0 Å². The van der Waals surface area contributed by atoms with Crippen LogP contribution in [0.5, 0.6) is 0 Å². The second-order valence-electron chi connectivity index (χ2n) is 3.58. The second-order valence-corrected chi connectivity index (χ2v) is 3.58. The Morgan fingerprint density at radius 3 is 3.46 bits per heavy atom. The van der Waals surface area contributed by atoms with Gasteiger partial charge in [0, 0.05) is 25.5 Å². The normalized spacial score (nSPS) is 23.1. The summed E-state index contributed by atoms with van der Waals surface area (Å²) in [5.74, 6) is 1.10. The first-order chi connectivity index (χ1) is 6.27. The summed E-state index contributed by atoms with van der Waals surface area (Å²) in [6, 6.07) is 0.324. The fourth-order valence-corrected chi connectivity index (χ4v) is 1.72. The fourth-order valence-electron chi connectivity index (χ4n) is 1.72. The highest BCUT2D eigenvalue weighted by molar-refractivity contribution is 5.04. The van der Waals surface area contributed by atoms with Crippen molar-refractivity contribution in [1.29, 1.82) is 0 Å². The van der Waals surface area contributed by atoms with E-state index in [-0.39, 0.29) is 6.10 Å². The molecule has 0 aliphatic carbocycles. The molecule has 0 aromatic carbocycles. The van der Waals surface area contributed by atoms with Crippen molar-refractivity contribution in [2.75, 3.05) is 6.54 Å². The van der Waals surface area contributed by atoms with Crippen LogP contribution in [0.2, 0.25) is 0 Å². The zero-order valence-corrected chi connectivity index (χ0v) is 7.77. The Bertz CT molecular complexity index is 282. The number of nitrogens with zero attached hydrogens (tertiary/aromatic N) is 2. The molecule has 4 heteroatoms. The molecule has 2 unspecified atom stereocenters. The number of rotatable bonds is 3. The third-order valence-electron chi connectivity index (χ3n) is 2.38. The number of aryl methyl sites for hydroxylation is 1. The van der Waals surface area contributed by atoms with E-state index in [1.54, 1.807) is 6.92 Å². The van der Waals surface area contributed by atoms with E-state index < -0.39 is 0 Å². The molecule has 72 valence electrons. The van der Waals surface area contributed by atoms with Gasteiger partial charge in [-0.15, -0.1) is 0 Å². The molecule has 0 fully saturated rings. The van der Waals surface area contributed by atoms with Crippen LogP contribution >= 0.6 is 0 Å². The predicted octanol–water partition coefficient (Wildman–Crippen LogP) is 0.298. The molecule has 2 N–H and O–H groups in total. The summed E-state index contributed by atoms with van der Waals surface area (Å²) in [6.07, 6.45) is 4.62. The third-order valence-corrected chi connectivity index (χ3v) is 2.38. The average molecular weight is 181 g/mol. The molecule has 0 amide bonds. The number of nitrogens with one attached hydrogen (secondary N) is 1. The summed E-state index contributed by atoms with van der Waals surface area (Å²) in [5.41, 5.74) is 0. The van der Waals surface area contributed by atoms with Gasteiger partial charge in [0.15, 0.2) is 0 Å². The Kier molecular flexibility index (Phi) is 2.33. The molecule has 1 aromatic rings. The minimum atomic E-state index is -0.288. The van der Waals surface area contributed by atoms with Gasteiger partial charge in [-0.3, -0.25) is 0 Å². The first-order valence-electron chi connectivity index (χ1n) is 4.70. The molecule has 2 rings (SSSR count). The van der Waals surface area contributed by atoms with Crippen LogP contribution in [0.1, 0.15) is 25.2 Å². The zero-order chi connectivity index (χ0) is 9.26. The van der Waals surface area contributed by atoms with E-state index in [1.165, 1.54) is 0 Å². The van der Waals surface area contributed by atoms with Crippen LogP contribution in [0.25, 0.3) is 0 Å².